The van der Waals surface area contributed by atoms with Crippen LogP contribution in [0.5, 0.6) is 0 Å². The predicted molar refractivity (Wildman–Crippen MR) is 129 cm³/mol. The zero-order chi connectivity index (χ0) is 24.2. The van der Waals surface area contributed by atoms with Crippen LogP contribution in [0, 0.1) is 11.6 Å². The quantitative estimate of drug-likeness (QED) is 0.247. The highest BCUT2D eigenvalue weighted by molar-refractivity contribution is 7.91. The smallest absolute Gasteiger partial charge is 0.191 e. The Hall–Kier alpha value is -1.28. The van der Waals surface area contributed by atoms with Crippen molar-refractivity contribution < 1.29 is 21.6 Å². The minimum atomic E-state index is -3.94. The van der Waals surface area contributed by atoms with Gasteiger partial charge in [-0.25, -0.2) is 17.2 Å². The largest absolute Gasteiger partial charge is 0.417 e. The third-order valence-electron chi connectivity index (χ3n) is 6.20. The Balaban J connectivity index is 2.13. The predicted octanol–water partition coefficient (Wildman–Crippen LogP) is 7.72. The molecule has 0 radical (unpaired) electrons. The van der Waals surface area contributed by atoms with E-state index in [9.17, 15) is 17.2 Å². The molecular weight excluding hydrogens is 470 g/mol. The Morgan fingerprint density at radius 1 is 1.00 bits per heavy atom. The van der Waals surface area contributed by atoms with Crippen molar-refractivity contribution in [2.24, 2.45) is 0 Å². The van der Waals surface area contributed by atoms with Gasteiger partial charge in [0.05, 0.1) is 10.1 Å². The van der Waals surface area contributed by atoms with Crippen LogP contribution in [0.25, 0.3) is 0 Å². The number of benzene rings is 2. The average Bonchev–Trinajstić information content (AvgIpc) is 2.69. The van der Waals surface area contributed by atoms with Crippen molar-refractivity contribution in [3.05, 3.63) is 64.7 Å². The summed E-state index contributed by atoms with van der Waals surface area (Å²) in [5.74, 6) is -1.39. The molecule has 0 amide bonds. The van der Waals surface area contributed by atoms with Crippen LogP contribution in [0.4, 0.5) is 8.78 Å². The molecule has 0 aliphatic heterocycles. The summed E-state index contributed by atoms with van der Waals surface area (Å²) in [6, 6.07) is 8.69. The summed E-state index contributed by atoms with van der Waals surface area (Å²) in [7, 11) is -5.77. The summed E-state index contributed by atoms with van der Waals surface area (Å²) in [5.41, 5.74) is -0.141. The molecule has 178 valence electrons. The highest BCUT2D eigenvalue weighted by Gasteiger charge is 2.37. The fourth-order valence-electron chi connectivity index (χ4n) is 3.18. The third-order valence-corrected chi connectivity index (χ3v) is 13.2. The van der Waals surface area contributed by atoms with E-state index in [0.717, 1.165) is 31.0 Å². The van der Waals surface area contributed by atoms with Gasteiger partial charge < -0.3 is 4.43 Å². The van der Waals surface area contributed by atoms with Gasteiger partial charge in [0.2, 0.25) is 0 Å². The van der Waals surface area contributed by atoms with Crippen LogP contribution in [0.15, 0.2) is 47.4 Å². The van der Waals surface area contributed by atoms with Crippen LogP contribution in [0.2, 0.25) is 23.2 Å². The molecule has 0 spiro atoms. The highest BCUT2D eigenvalue weighted by atomic mass is 35.5. The average molecular weight is 503 g/mol. The molecule has 32 heavy (non-hydrogen) atoms. The Morgan fingerprint density at radius 2 is 1.62 bits per heavy atom. The molecule has 0 fully saturated rings. The summed E-state index contributed by atoms with van der Waals surface area (Å²) in [6.07, 6.45) is 2.25. The third kappa shape index (κ3) is 6.86. The fraction of sp³-hybridized carbons (Fsp3) is 0.500. The molecule has 0 N–H and O–H groups in total. The van der Waals surface area contributed by atoms with E-state index in [1.165, 1.54) is 24.3 Å². The lowest BCUT2D eigenvalue weighted by Crippen LogP contribution is -2.40. The molecule has 2 rings (SSSR count). The van der Waals surface area contributed by atoms with Gasteiger partial charge in [-0.2, -0.15) is 0 Å². The van der Waals surface area contributed by atoms with Crippen LogP contribution >= 0.6 is 11.6 Å². The normalized spacial score (nSPS) is 13.9. The van der Waals surface area contributed by atoms with Gasteiger partial charge in [0.15, 0.2) is 18.2 Å². The minimum Gasteiger partial charge on any atom is -0.417 e. The SMILES string of the molecule is CC(C)(C)[Si](C)(C)OCCCCCC(c1cc(F)ccc1F)S(=O)(=O)c1ccc(Cl)cc1. The van der Waals surface area contributed by atoms with Gasteiger partial charge in [-0.1, -0.05) is 45.2 Å². The molecule has 0 aliphatic carbocycles. The molecular formula is C24H33ClF2O3SSi. The monoisotopic (exact) mass is 502 g/mol. The maximum Gasteiger partial charge on any atom is 0.191 e. The first-order valence-corrected chi connectivity index (χ1v) is 15.7. The minimum absolute atomic E-state index is 0.0387. The first kappa shape index (κ1) is 27.0. The van der Waals surface area contributed by atoms with Crippen molar-refractivity contribution in [3.63, 3.8) is 0 Å². The first-order chi connectivity index (χ1) is 14.8. The lowest BCUT2D eigenvalue weighted by atomic mass is 10.0. The van der Waals surface area contributed by atoms with Gasteiger partial charge in [0, 0.05) is 17.2 Å². The summed E-state index contributed by atoms with van der Waals surface area (Å²) in [6.45, 7) is 11.5. The van der Waals surface area contributed by atoms with Gasteiger partial charge in [0.1, 0.15) is 11.6 Å². The number of hydrogen-bond acceptors (Lipinski definition) is 3. The van der Waals surface area contributed by atoms with Gasteiger partial charge in [-0.3, -0.25) is 0 Å². The summed E-state index contributed by atoms with van der Waals surface area (Å²) in [4.78, 5) is 0.0387. The van der Waals surface area contributed by atoms with Crippen molar-refractivity contribution in [2.45, 2.75) is 74.7 Å². The van der Waals surface area contributed by atoms with E-state index in [-0.39, 0.29) is 21.9 Å². The second-order valence-corrected chi connectivity index (χ2v) is 17.0. The van der Waals surface area contributed by atoms with Crippen molar-refractivity contribution >= 4 is 29.8 Å². The standard InChI is InChI=1S/C24H33ClF2O3SSi/c1-24(2,3)32(4,5)30-16-8-6-7-9-23(21-17-19(26)12-15-22(21)27)31(28,29)20-13-10-18(25)11-14-20/h10-15,17,23H,6-9,16H2,1-5H3. The number of hydrogen-bond donors (Lipinski definition) is 0. The van der Waals surface area contributed by atoms with E-state index < -0.39 is 35.0 Å². The topological polar surface area (TPSA) is 43.4 Å². The van der Waals surface area contributed by atoms with Gasteiger partial charge in [0.25, 0.3) is 0 Å². The van der Waals surface area contributed by atoms with E-state index in [1.807, 2.05) is 0 Å². The molecule has 0 saturated heterocycles. The van der Waals surface area contributed by atoms with Gasteiger partial charge in [-0.15, -0.1) is 0 Å². The summed E-state index contributed by atoms with van der Waals surface area (Å²) >= 11 is 5.88. The maximum atomic E-state index is 14.5. The Morgan fingerprint density at radius 3 is 2.22 bits per heavy atom. The van der Waals surface area contributed by atoms with Crippen molar-refractivity contribution in [3.8, 4) is 0 Å². The molecule has 1 unspecified atom stereocenters. The second kappa shape index (κ2) is 10.8. The van der Waals surface area contributed by atoms with E-state index in [4.69, 9.17) is 16.0 Å². The van der Waals surface area contributed by atoms with E-state index in [0.29, 0.717) is 18.1 Å². The van der Waals surface area contributed by atoms with Crippen LogP contribution < -0.4 is 0 Å². The molecule has 0 aliphatic rings. The van der Waals surface area contributed by atoms with Gasteiger partial charge >= 0.3 is 0 Å². The molecule has 8 heteroatoms. The number of unbranched alkanes of at least 4 members (excludes halogenated alkanes) is 2. The molecule has 1 atom stereocenters. The molecule has 0 heterocycles. The molecule has 2 aromatic carbocycles. The van der Waals surface area contributed by atoms with E-state index in [1.54, 1.807) is 0 Å². The first-order valence-electron chi connectivity index (χ1n) is 10.8. The number of sulfone groups is 1. The van der Waals surface area contributed by atoms with E-state index >= 15 is 0 Å². The fourth-order valence-corrected chi connectivity index (χ4v) is 6.23. The highest BCUT2D eigenvalue weighted by Crippen LogP contribution is 2.37. The zero-order valence-corrected chi connectivity index (χ0v) is 22.0. The summed E-state index contributed by atoms with van der Waals surface area (Å²) < 4.78 is 61.2. The van der Waals surface area contributed by atoms with Crippen LogP contribution in [0.1, 0.15) is 57.3 Å². The van der Waals surface area contributed by atoms with Gasteiger partial charge in [-0.05, 0) is 73.4 Å². The van der Waals surface area contributed by atoms with Crippen molar-refractivity contribution in [2.75, 3.05) is 6.61 Å². The summed E-state index contributed by atoms with van der Waals surface area (Å²) in [5, 5.41) is -0.653. The lowest BCUT2D eigenvalue weighted by Gasteiger charge is -2.36. The zero-order valence-electron chi connectivity index (χ0n) is 19.4. The maximum absolute atomic E-state index is 14.5. The van der Waals surface area contributed by atoms with Crippen molar-refractivity contribution in [1.29, 1.82) is 0 Å². The van der Waals surface area contributed by atoms with Crippen LogP contribution in [-0.4, -0.2) is 23.3 Å². The van der Waals surface area contributed by atoms with E-state index in [2.05, 4.69) is 33.9 Å². The molecule has 0 saturated carbocycles. The van der Waals surface area contributed by atoms with Crippen molar-refractivity contribution in [1.82, 2.24) is 0 Å². The Bertz CT molecular complexity index is 1000. The molecule has 0 aromatic heterocycles. The number of rotatable bonds is 10. The molecule has 0 bridgehead atoms. The molecule has 2 aromatic rings. The lowest BCUT2D eigenvalue weighted by molar-refractivity contribution is 0.277. The Labute approximate surface area is 197 Å². The molecule has 3 nitrogen and oxygen atoms in total. The van der Waals surface area contributed by atoms with Crippen LogP contribution in [0.3, 0.4) is 0 Å². The number of halogens is 3. The van der Waals surface area contributed by atoms with Crippen LogP contribution in [-0.2, 0) is 14.3 Å². The second-order valence-electron chi connectivity index (χ2n) is 9.61. The Kier molecular flexibility index (Phi) is 9.07.